The zero-order chi connectivity index (χ0) is 22.9. The molecule has 1 heterocycles. The Labute approximate surface area is 199 Å². The molecule has 0 aliphatic carbocycles. The normalized spacial score (nSPS) is 17.9. The van der Waals surface area contributed by atoms with Gasteiger partial charge in [-0.05, 0) is 54.8 Å². The van der Waals surface area contributed by atoms with Gasteiger partial charge >= 0.3 is 5.97 Å². The van der Waals surface area contributed by atoms with E-state index < -0.39 is 6.04 Å². The van der Waals surface area contributed by atoms with Gasteiger partial charge in [0, 0.05) is 16.3 Å². The lowest BCUT2D eigenvalue weighted by Gasteiger charge is -2.29. The van der Waals surface area contributed by atoms with E-state index in [9.17, 15) is 9.59 Å². The molecule has 0 radical (unpaired) electrons. The van der Waals surface area contributed by atoms with Gasteiger partial charge in [0.15, 0.2) is 0 Å². The molecule has 2 unspecified atom stereocenters. The van der Waals surface area contributed by atoms with Gasteiger partial charge in [0.05, 0.1) is 13.2 Å². The van der Waals surface area contributed by atoms with Gasteiger partial charge in [0.2, 0.25) is 0 Å². The molecule has 0 N–H and O–H groups in total. The SMILES string of the molecule is CCCCOC(=O)C1CSC(c2cccc(Cl)c2)N1C(=O)c1ccc(OCCCC)cc1. The van der Waals surface area contributed by atoms with Crippen LogP contribution in [-0.4, -0.2) is 41.8 Å². The van der Waals surface area contributed by atoms with Crippen molar-refractivity contribution >= 4 is 35.2 Å². The van der Waals surface area contributed by atoms with Crippen LogP contribution in [0.3, 0.4) is 0 Å². The Morgan fingerprint density at radius 2 is 1.78 bits per heavy atom. The molecule has 5 nitrogen and oxygen atoms in total. The van der Waals surface area contributed by atoms with Crippen molar-refractivity contribution < 1.29 is 19.1 Å². The maximum Gasteiger partial charge on any atom is 0.329 e. The summed E-state index contributed by atoms with van der Waals surface area (Å²) >= 11 is 7.75. The number of nitrogens with zero attached hydrogens (tertiary/aromatic N) is 1. The first-order valence-corrected chi connectivity index (χ1v) is 12.6. The van der Waals surface area contributed by atoms with Crippen LogP contribution < -0.4 is 4.74 Å². The van der Waals surface area contributed by atoms with Gasteiger partial charge < -0.3 is 14.4 Å². The molecule has 1 amide bonds. The molecule has 0 aromatic heterocycles. The van der Waals surface area contributed by atoms with Crippen LogP contribution in [0.1, 0.15) is 60.8 Å². The highest BCUT2D eigenvalue weighted by Crippen LogP contribution is 2.43. The highest BCUT2D eigenvalue weighted by molar-refractivity contribution is 7.99. The van der Waals surface area contributed by atoms with Crippen LogP contribution in [0.2, 0.25) is 5.02 Å². The predicted octanol–water partition coefficient (Wildman–Crippen LogP) is 6.12. The molecule has 7 heteroatoms. The van der Waals surface area contributed by atoms with E-state index in [0.29, 0.717) is 29.6 Å². The molecule has 0 spiro atoms. The van der Waals surface area contributed by atoms with Crippen molar-refractivity contribution in [3.63, 3.8) is 0 Å². The summed E-state index contributed by atoms with van der Waals surface area (Å²) in [4.78, 5) is 28.0. The standard InChI is InChI=1S/C25H30ClNO4S/c1-3-5-14-30-21-12-10-18(11-13-21)23(28)27-22(25(29)31-15-6-4-2)17-32-24(27)19-8-7-9-20(26)16-19/h7-13,16,22,24H,3-6,14-15,17H2,1-2H3. The second kappa shape index (κ2) is 12.2. The summed E-state index contributed by atoms with van der Waals surface area (Å²) in [6, 6.07) is 13.9. The number of hydrogen-bond acceptors (Lipinski definition) is 5. The highest BCUT2D eigenvalue weighted by Gasteiger charge is 2.43. The molecular formula is C25H30ClNO4S. The number of unbranched alkanes of at least 4 members (excludes halogenated alkanes) is 2. The van der Waals surface area contributed by atoms with Crippen LogP contribution in [0.5, 0.6) is 5.75 Å². The molecule has 1 aliphatic heterocycles. The lowest BCUT2D eigenvalue weighted by atomic mass is 10.1. The van der Waals surface area contributed by atoms with E-state index in [1.165, 1.54) is 0 Å². The lowest BCUT2D eigenvalue weighted by molar-refractivity contribution is -0.148. The molecule has 3 rings (SSSR count). The van der Waals surface area contributed by atoms with Crippen LogP contribution >= 0.6 is 23.4 Å². The molecule has 1 fully saturated rings. The van der Waals surface area contributed by atoms with Crippen molar-refractivity contribution in [3.8, 4) is 5.75 Å². The van der Waals surface area contributed by atoms with E-state index in [-0.39, 0.29) is 17.3 Å². The lowest BCUT2D eigenvalue weighted by Crippen LogP contribution is -2.44. The summed E-state index contributed by atoms with van der Waals surface area (Å²) in [5.41, 5.74) is 1.40. The molecule has 2 aromatic rings. The molecule has 0 saturated carbocycles. The van der Waals surface area contributed by atoms with Crippen molar-refractivity contribution in [1.82, 2.24) is 4.90 Å². The molecule has 32 heavy (non-hydrogen) atoms. The third kappa shape index (κ3) is 6.20. The zero-order valence-electron chi connectivity index (χ0n) is 18.6. The van der Waals surface area contributed by atoms with Crippen molar-refractivity contribution in [2.24, 2.45) is 0 Å². The first-order valence-electron chi connectivity index (χ1n) is 11.1. The van der Waals surface area contributed by atoms with Crippen molar-refractivity contribution in [2.75, 3.05) is 19.0 Å². The number of hydrogen-bond donors (Lipinski definition) is 0. The summed E-state index contributed by atoms with van der Waals surface area (Å²) in [5.74, 6) is 0.639. The summed E-state index contributed by atoms with van der Waals surface area (Å²) in [6.45, 7) is 5.17. The molecule has 2 aromatic carbocycles. The number of carbonyl (C=O) groups excluding carboxylic acids is 2. The highest BCUT2D eigenvalue weighted by atomic mass is 35.5. The Hall–Kier alpha value is -2.18. The van der Waals surface area contributed by atoms with Gasteiger partial charge in [-0.1, -0.05) is 50.4 Å². The fraction of sp³-hybridized carbons (Fsp3) is 0.440. The number of halogens is 1. The van der Waals surface area contributed by atoms with Crippen LogP contribution in [0.15, 0.2) is 48.5 Å². The minimum atomic E-state index is -0.645. The largest absolute Gasteiger partial charge is 0.494 e. The average Bonchev–Trinajstić information content (AvgIpc) is 3.25. The third-order valence-corrected chi connectivity index (χ3v) is 6.81. The maximum absolute atomic E-state index is 13.6. The Morgan fingerprint density at radius 3 is 2.47 bits per heavy atom. The number of rotatable bonds is 10. The van der Waals surface area contributed by atoms with Crippen molar-refractivity contribution in [2.45, 2.75) is 50.9 Å². The number of thioether (sulfide) groups is 1. The van der Waals surface area contributed by atoms with E-state index >= 15 is 0 Å². The van der Waals surface area contributed by atoms with E-state index in [0.717, 1.165) is 37.0 Å². The molecule has 1 saturated heterocycles. The Balaban J connectivity index is 1.83. The van der Waals surface area contributed by atoms with Crippen LogP contribution in [0.25, 0.3) is 0 Å². The van der Waals surface area contributed by atoms with Gasteiger partial charge in [-0.25, -0.2) is 4.79 Å². The van der Waals surface area contributed by atoms with Crippen LogP contribution in [-0.2, 0) is 9.53 Å². The second-order valence-corrected chi connectivity index (χ2v) is 9.27. The quantitative estimate of drug-likeness (QED) is 0.306. The summed E-state index contributed by atoms with van der Waals surface area (Å²) in [5, 5.41) is 0.281. The molecule has 2 atom stereocenters. The van der Waals surface area contributed by atoms with Crippen LogP contribution in [0.4, 0.5) is 0 Å². The predicted molar refractivity (Wildman–Crippen MR) is 129 cm³/mol. The van der Waals surface area contributed by atoms with E-state index in [2.05, 4.69) is 6.92 Å². The Kier molecular flexibility index (Phi) is 9.30. The zero-order valence-corrected chi connectivity index (χ0v) is 20.2. The van der Waals surface area contributed by atoms with E-state index in [1.807, 2.05) is 25.1 Å². The molecular weight excluding hydrogens is 446 g/mol. The first kappa shape index (κ1) is 24.5. The number of benzene rings is 2. The molecule has 1 aliphatic rings. The van der Waals surface area contributed by atoms with Gasteiger partial charge in [-0.3, -0.25) is 4.79 Å². The molecule has 172 valence electrons. The fourth-order valence-corrected chi connectivity index (χ4v) is 5.05. The van der Waals surface area contributed by atoms with Crippen molar-refractivity contribution in [3.05, 3.63) is 64.7 Å². The number of amides is 1. The van der Waals surface area contributed by atoms with E-state index in [1.54, 1.807) is 47.0 Å². The van der Waals surface area contributed by atoms with Gasteiger partial charge in [-0.15, -0.1) is 11.8 Å². The Morgan fingerprint density at radius 1 is 1.06 bits per heavy atom. The maximum atomic E-state index is 13.6. The molecule has 0 bridgehead atoms. The van der Waals surface area contributed by atoms with E-state index in [4.69, 9.17) is 21.1 Å². The number of esters is 1. The summed E-state index contributed by atoms with van der Waals surface area (Å²) < 4.78 is 11.2. The summed E-state index contributed by atoms with van der Waals surface area (Å²) in [7, 11) is 0. The smallest absolute Gasteiger partial charge is 0.329 e. The van der Waals surface area contributed by atoms with Crippen molar-refractivity contribution in [1.29, 1.82) is 0 Å². The minimum Gasteiger partial charge on any atom is -0.494 e. The van der Waals surface area contributed by atoms with Gasteiger partial charge in [0.1, 0.15) is 17.2 Å². The van der Waals surface area contributed by atoms with Crippen LogP contribution in [0, 0.1) is 0 Å². The fourth-order valence-electron chi connectivity index (χ4n) is 3.44. The number of ether oxygens (including phenoxy) is 2. The monoisotopic (exact) mass is 475 g/mol. The Bertz CT molecular complexity index is 905. The topological polar surface area (TPSA) is 55.8 Å². The minimum absolute atomic E-state index is 0.211. The second-order valence-electron chi connectivity index (χ2n) is 7.72. The third-order valence-electron chi connectivity index (χ3n) is 5.25. The average molecular weight is 476 g/mol. The van der Waals surface area contributed by atoms with Gasteiger partial charge in [0.25, 0.3) is 5.91 Å². The first-order chi connectivity index (χ1) is 15.5. The van der Waals surface area contributed by atoms with Gasteiger partial charge in [-0.2, -0.15) is 0 Å². The summed E-state index contributed by atoms with van der Waals surface area (Å²) in [6.07, 6.45) is 3.78. The number of carbonyl (C=O) groups is 2.